The second-order valence-electron chi connectivity index (χ2n) is 6.06. The lowest BCUT2D eigenvalue weighted by molar-refractivity contribution is 0.652. The van der Waals surface area contributed by atoms with Crippen LogP contribution in [0, 0.1) is 6.85 Å². The minimum absolute atomic E-state index is 0.0434. The lowest BCUT2D eigenvalue weighted by atomic mass is 10.1. The summed E-state index contributed by atoms with van der Waals surface area (Å²) in [5, 5.41) is 1.75. The number of para-hydroxylation sites is 3. The molecule has 0 fully saturated rings. The Balaban J connectivity index is 1.73. The summed E-state index contributed by atoms with van der Waals surface area (Å²) in [6.07, 6.45) is 0. The number of pyridine rings is 1. The van der Waals surface area contributed by atoms with Gasteiger partial charge in [0.1, 0.15) is 0 Å². The van der Waals surface area contributed by atoms with Crippen molar-refractivity contribution in [3.63, 3.8) is 0 Å². The zero-order valence-electron chi connectivity index (χ0n) is 16.2. The van der Waals surface area contributed by atoms with E-state index in [9.17, 15) is 0 Å². The highest BCUT2D eigenvalue weighted by molar-refractivity contribution is 6.09. The number of fused-ring (bicyclic) bond motifs is 4. The Hall–Kier alpha value is -3.01. The minimum Gasteiger partial charge on any atom is -0.435 e. The van der Waals surface area contributed by atoms with Crippen molar-refractivity contribution in [3.8, 4) is 0 Å². The summed E-state index contributed by atoms with van der Waals surface area (Å²) in [7, 11) is 2.06. The summed E-state index contributed by atoms with van der Waals surface area (Å²) in [5.41, 5.74) is 4.33. The number of rotatable bonds is 1. The van der Waals surface area contributed by atoms with Gasteiger partial charge in [0, 0.05) is 27.6 Å². The molecule has 2 aromatic carbocycles. The van der Waals surface area contributed by atoms with Gasteiger partial charge in [-0.05, 0) is 37.2 Å². The molecule has 0 amide bonds. The third-order valence-electron chi connectivity index (χ3n) is 4.57. The van der Waals surface area contributed by atoms with Crippen molar-refractivity contribution in [1.82, 2.24) is 4.98 Å². The van der Waals surface area contributed by atoms with Gasteiger partial charge in [0.2, 0.25) is 5.71 Å². The van der Waals surface area contributed by atoms with E-state index in [-0.39, 0.29) is 5.69 Å². The zero-order valence-corrected chi connectivity index (χ0v) is 13.2. The van der Waals surface area contributed by atoms with E-state index in [0.717, 1.165) is 27.8 Å². The molecule has 2 aromatic heterocycles. The average molecular weight is 318 g/mol. The van der Waals surface area contributed by atoms with Crippen LogP contribution in [0.15, 0.2) is 59.0 Å². The van der Waals surface area contributed by atoms with Crippen molar-refractivity contribution in [2.24, 2.45) is 0 Å². The molecule has 1 aliphatic rings. The number of aryl methyl sites for hydroxylation is 1. The van der Waals surface area contributed by atoms with Crippen molar-refractivity contribution < 1.29 is 8.53 Å². The first-order valence-corrected chi connectivity index (χ1v) is 7.84. The summed E-state index contributed by atoms with van der Waals surface area (Å²) < 4.78 is 28.8. The van der Waals surface area contributed by atoms with Gasteiger partial charge in [0.25, 0.3) is 0 Å². The number of furan rings is 1. The number of hydrogen-bond donors (Lipinski definition) is 0. The second-order valence-corrected chi connectivity index (χ2v) is 6.06. The van der Waals surface area contributed by atoms with Gasteiger partial charge < -0.3 is 14.2 Å². The Labute approximate surface area is 144 Å². The fourth-order valence-electron chi connectivity index (χ4n) is 3.46. The molecule has 0 bridgehead atoms. The van der Waals surface area contributed by atoms with Crippen LogP contribution in [0.3, 0.4) is 0 Å². The van der Waals surface area contributed by atoms with Crippen molar-refractivity contribution in [3.05, 3.63) is 60.3 Å². The van der Waals surface area contributed by atoms with E-state index >= 15 is 0 Å². The largest absolute Gasteiger partial charge is 0.435 e. The average Bonchev–Trinajstić information content (AvgIpc) is 3.19. The van der Waals surface area contributed by atoms with Crippen LogP contribution < -0.4 is 9.80 Å². The van der Waals surface area contributed by atoms with E-state index in [4.69, 9.17) is 8.53 Å². The number of aromatic nitrogens is 1. The number of benzene rings is 2. The summed E-state index contributed by atoms with van der Waals surface area (Å²) >= 11 is 0. The van der Waals surface area contributed by atoms with E-state index in [2.05, 4.69) is 34.0 Å². The monoisotopic (exact) mass is 318 g/mol. The van der Waals surface area contributed by atoms with E-state index < -0.39 is 6.85 Å². The molecule has 0 saturated heterocycles. The molecule has 1 aliphatic heterocycles. The van der Waals surface area contributed by atoms with Crippen molar-refractivity contribution in [1.29, 1.82) is 0 Å². The van der Waals surface area contributed by atoms with Gasteiger partial charge in [-0.1, -0.05) is 24.3 Å². The molecule has 0 atom stereocenters. The van der Waals surface area contributed by atoms with Crippen molar-refractivity contribution in [2.45, 2.75) is 6.85 Å². The van der Waals surface area contributed by atoms with Gasteiger partial charge in [-0.25, -0.2) is 4.98 Å². The topological polar surface area (TPSA) is 32.5 Å². The molecule has 0 radical (unpaired) electrons. The zero-order chi connectivity index (χ0) is 18.8. The lowest BCUT2D eigenvalue weighted by Gasteiger charge is -2.19. The van der Waals surface area contributed by atoms with Crippen LogP contribution in [0.4, 0.5) is 17.1 Å². The molecule has 0 unspecified atom stereocenters. The van der Waals surface area contributed by atoms with Crippen molar-refractivity contribution >= 4 is 39.1 Å². The maximum absolute atomic E-state index is 7.58. The minimum atomic E-state index is -2.26. The summed E-state index contributed by atoms with van der Waals surface area (Å²) in [5.74, 6) is 0. The normalized spacial score (nSPS) is 16.3. The van der Waals surface area contributed by atoms with Gasteiger partial charge >= 0.3 is 0 Å². The van der Waals surface area contributed by atoms with Gasteiger partial charge in [-0.3, -0.25) is 0 Å². The Morgan fingerprint density at radius 2 is 1.79 bits per heavy atom. The number of nitrogens with zero attached hydrogens (tertiary/aromatic N) is 3. The van der Waals surface area contributed by atoms with E-state index in [1.165, 1.54) is 0 Å². The Morgan fingerprint density at radius 3 is 2.67 bits per heavy atom. The fraction of sp³-hybridized carbons (Fsp3) is 0.150. The molecular weight excluding hydrogens is 298 g/mol. The van der Waals surface area contributed by atoms with Gasteiger partial charge in [0.05, 0.1) is 23.7 Å². The smallest absolute Gasteiger partial charge is 0.227 e. The molecule has 118 valence electrons. The van der Waals surface area contributed by atoms with E-state index in [0.29, 0.717) is 18.0 Å². The van der Waals surface area contributed by atoms with Crippen LogP contribution in [0.1, 0.15) is 9.81 Å². The maximum Gasteiger partial charge on any atom is 0.227 e. The number of anilines is 3. The summed E-state index contributed by atoms with van der Waals surface area (Å²) in [4.78, 5) is 8.63. The molecule has 5 rings (SSSR count). The molecule has 0 spiro atoms. The first-order chi connectivity index (χ1) is 12.9. The first-order valence-electron chi connectivity index (χ1n) is 9.34. The summed E-state index contributed by atoms with van der Waals surface area (Å²) in [6.45, 7) is -1.55. The Bertz CT molecular complexity index is 1180. The third-order valence-corrected chi connectivity index (χ3v) is 4.57. The highest BCUT2D eigenvalue weighted by atomic mass is 16.3. The molecule has 0 N–H and O–H groups in total. The van der Waals surface area contributed by atoms with Gasteiger partial charge in [-0.2, -0.15) is 0 Å². The third kappa shape index (κ3) is 1.77. The molecule has 24 heavy (non-hydrogen) atoms. The van der Waals surface area contributed by atoms with E-state index in [1.807, 2.05) is 30.3 Å². The lowest BCUT2D eigenvalue weighted by Crippen LogP contribution is -2.24. The Morgan fingerprint density at radius 1 is 0.958 bits per heavy atom. The molecule has 4 nitrogen and oxygen atoms in total. The summed E-state index contributed by atoms with van der Waals surface area (Å²) in [6, 6.07) is 17.6. The molecule has 0 saturated carbocycles. The van der Waals surface area contributed by atoms with Crippen LogP contribution in [0.25, 0.3) is 22.1 Å². The number of hydrogen-bond acceptors (Lipinski definition) is 4. The maximum atomic E-state index is 7.58. The van der Waals surface area contributed by atoms with Crippen molar-refractivity contribution in [2.75, 3.05) is 23.5 Å². The SMILES string of the molecule is [2H]C([2H])([2H])c1ccc2c(n1)oc1c(N3CN(C)c4ccccc43)cccc12. The molecule has 4 heteroatoms. The fourth-order valence-corrected chi connectivity index (χ4v) is 3.46. The second kappa shape index (κ2) is 4.74. The molecule has 4 aromatic rings. The molecule has 0 aliphatic carbocycles. The highest BCUT2D eigenvalue weighted by Crippen LogP contribution is 2.43. The Kier molecular flexibility index (Phi) is 2.12. The van der Waals surface area contributed by atoms with Crippen LogP contribution >= 0.6 is 0 Å². The first kappa shape index (κ1) is 10.7. The van der Waals surface area contributed by atoms with Crippen LogP contribution in [0.2, 0.25) is 0 Å². The van der Waals surface area contributed by atoms with Gasteiger partial charge in [-0.15, -0.1) is 0 Å². The molecular formula is C20H17N3O. The predicted molar refractivity (Wildman–Crippen MR) is 98.1 cm³/mol. The predicted octanol–water partition coefficient (Wildman–Crippen LogP) is 4.83. The van der Waals surface area contributed by atoms with Crippen LogP contribution in [-0.4, -0.2) is 18.7 Å². The standard InChI is InChI=1S/C20H17N3O/c1-13-10-11-15-14-6-5-9-18(19(14)24-20(15)21-13)23-12-22(2)16-7-3-4-8-17(16)23/h3-11H,12H2,1-2H3/i1D3. The van der Waals surface area contributed by atoms with Gasteiger partial charge in [0.15, 0.2) is 5.58 Å². The van der Waals surface area contributed by atoms with Crippen LogP contribution in [-0.2, 0) is 0 Å². The quantitative estimate of drug-likeness (QED) is 0.503. The van der Waals surface area contributed by atoms with E-state index in [1.54, 1.807) is 12.1 Å². The highest BCUT2D eigenvalue weighted by Gasteiger charge is 2.26. The molecule has 3 heterocycles. The van der Waals surface area contributed by atoms with Crippen LogP contribution in [0.5, 0.6) is 0 Å².